The molecule has 2 rings (SSSR count). The van der Waals surface area contributed by atoms with E-state index < -0.39 is 0 Å². The molecule has 1 aromatic rings. The first kappa shape index (κ1) is 13.1. The van der Waals surface area contributed by atoms with Crippen molar-refractivity contribution in [1.29, 1.82) is 0 Å². The van der Waals surface area contributed by atoms with Crippen LogP contribution in [0.2, 0.25) is 0 Å². The second kappa shape index (κ2) is 6.05. The third kappa shape index (κ3) is 4.14. The molecule has 5 heteroatoms. The minimum absolute atomic E-state index is 0.594. The van der Waals surface area contributed by atoms with E-state index in [1.165, 1.54) is 18.6 Å². The molecule has 94 valence electrons. The summed E-state index contributed by atoms with van der Waals surface area (Å²) in [7, 11) is 0. The van der Waals surface area contributed by atoms with Gasteiger partial charge in [0.2, 0.25) is 0 Å². The summed E-state index contributed by atoms with van der Waals surface area (Å²) in [5, 5.41) is 3.40. The smallest absolute Gasteiger partial charge is 0.135 e. The Morgan fingerprint density at radius 1 is 1.53 bits per heavy atom. The molecule has 1 saturated carbocycles. The highest BCUT2D eigenvalue weighted by Gasteiger charge is 2.27. The van der Waals surface area contributed by atoms with Gasteiger partial charge in [0.15, 0.2) is 0 Å². The Hall–Kier alpha value is -0.290. The average Bonchev–Trinajstić information content (AvgIpc) is 3.10. The van der Waals surface area contributed by atoms with Crippen molar-refractivity contribution in [3.63, 3.8) is 0 Å². The fourth-order valence-corrected chi connectivity index (χ4v) is 2.76. The van der Waals surface area contributed by atoms with E-state index >= 15 is 0 Å². The predicted octanol–water partition coefficient (Wildman–Crippen LogP) is 3.53. The van der Waals surface area contributed by atoms with Gasteiger partial charge in [-0.25, -0.2) is 9.97 Å². The maximum Gasteiger partial charge on any atom is 0.135 e. The molecule has 0 saturated heterocycles. The van der Waals surface area contributed by atoms with Gasteiger partial charge in [-0.2, -0.15) is 11.8 Å². The molecule has 0 aliphatic heterocycles. The zero-order valence-corrected chi connectivity index (χ0v) is 12.6. The van der Waals surface area contributed by atoms with Crippen LogP contribution in [0.5, 0.6) is 0 Å². The van der Waals surface area contributed by atoms with Gasteiger partial charge in [0.1, 0.15) is 16.2 Å². The summed E-state index contributed by atoms with van der Waals surface area (Å²) in [6, 6.07) is 1.96. The highest BCUT2D eigenvalue weighted by Crippen LogP contribution is 2.38. The number of aromatic nitrogens is 2. The SMILES string of the molecule is CSCC(C)CNc1cc(Br)nc(C2CC2)n1. The first-order chi connectivity index (χ1) is 8.19. The van der Waals surface area contributed by atoms with Crippen LogP contribution in [0, 0.1) is 5.92 Å². The molecule has 1 aromatic heterocycles. The van der Waals surface area contributed by atoms with Crippen molar-refractivity contribution in [2.45, 2.75) is 25.7 Å². The van der Waals surface area contributed by atoms with Crippen molar-refractivity contribution in [3.8, 4) is 0 Å². The van der Waals surface area contributed by atoms with Gasteiger partial charge in [-0.15, -0.1) is 0 Å². The van der Waals surface area contributed by atoms with E-state index in [0.717, 1.165) is 22.8 Å². The standard InChI is InChI=1S/C12H18BrN3S/c1-8(7-17-2)6-14-11-5-10(13)15-12(16-11)9-3-4-9/h5,8-9H,3-4,6-7H2,1-2H3,(H,14,15,16). The Morgan fingerprint density at radius 2 is 2.29 bits per heavy atom. The quantitative estimate of drug-likeness (QED) is 0.815. The fraction of sp³-hybridized carbons (Fsp3) is 0.667. The van der Waals surface area contributed by atoms with Crippen LogP contribution in [0.25, 0.3) is 0 Å². The van der Waals surface area contributed by atoms with Gasteiger partial charge in [-0.3, -0.25) is 0 Å². The lowest BCUT2D eigenvalue weighted by molar-refractivity contribution is 0.698. The number of halogens is 1. The minimum Gasteiger partial charge on any atom is -0.370 e. The number of hydrogen-bond acceptors (Lipinski definition) is 4. The van der Waals surface area contributed by atoms with Gasteiger partial charge in [0, 0.05) is 18.5 Å². The van der Waals surface area contributed by atoms with Gasteiger partial charge in [-0.05, 0) is 46.7 Å². The van der Waals surface area contributed by atoms with Gasteiger partial charge in [0.05, 0.1) is 0 Å². The molecule has 1 fully saturated rings. The maximum atomic E-state index is 4.57. The normalized spacial score (nSPS) is 16.9. The predicted molar refractivity (Wildman–Crippen MR) is 77.7 cm³/mol. The van der Waals surface area contributed by atoms with E-state index in [-0.39, 0.29) is 0 Å². The third-order valence-electron chi connectivity index (χ3n) is 2.74. The molecule has 0 aromatic carbocycles. The highest BCUT2D eigenvalue weighted by molar-refractivity contribution is 9.10. The topological polar surface area (TPSA) is 37.8 Å². The molecule has 0 amide bonds. The Morgan fingerprint density at radius 3 is 2.94 bits per heavy atom. The van der Waals surface area contributed by atoms with Crippen LogP contribution in [-0.4, -0.2) is 28.5 Å². The molecule has 17 heavy (non-hydrogen) atoms. The summed E-state index contributed by atoms with van der Waals surface area (Å²) in [5.41, 5.74) is 0. The van der Waals surface area contributed by atoms with Crippen LogP contribution < -0.4 is 5.32 Å². The molecular weight excluding hydrogens is 298 g/mol. The summed E-state index contributed by atoms with van der Waals surface area (Å²) < 4.78 is 0.884. The summed E-state index contributed by atoms with van der Waals surface area (Å²) in [4.78, 5) is 8.99. The van der Waals surface area contributed by atoms with Gasteiger partial charge in [0.25, 0.3) is 0 Å². The number of nitrogens with zero attached hydrogens (tertiary/aromatic N) is 2. The first-order valence-corrected chi connectivity index (χ1v) is 8.15. The van der Waals surface area contributed by atoms with E-state index in [1.807, 2.05) is 17.8 Å². The van der Waals surface area contributed by atoms with Crippen LogP contribution in [0.4, 0.5) is 5.82 Å². The summed E-state index contributed by atoms with van der Waals surface area (Å²) in [6.45, 7) is 3.22. The number of nitrogens with one attached hydrogen (secondary N) is 1. The Kier molecular flexibility index (Phi) is 4.68. The molecular formula is C12H18BrN3S. The zero-order chi connectivity index (χ0) is 12.3. The molecule has 3 nitrogen and oxygen atoms in total. The van der Waals surface area contributed by atoms with Crippen LogP contribution in [0.15, 0.2) is 10.7 Å². The van der Waals surface area contributed by atoms with E-state index in [9.17, 15) is 0 Å². The number of rotatable bonds is 6. The molecule has 1 aliphatic rings. The molecule has 1 heterocycles. The lowest BCUT2D eigenvalue weighted by Crippen LogP contribution is -2.14. The molecule has 1 atom stereocenters. The van der Waals surface area contributed by atoms with E-state index in [2.05, 4.69) is 44.4 Å². The molecule has 1 N–H and O–H groups in total. The van der Waals surface area contributed by atoms with Gasteiger partial charge >= 0.3 is 0 Å². The van der Waals surface area contributed by atoms with Crippen molar-refractivity contribution < 1.29 is 0 Å². The summed E-state index contributed by atoms with van der Waals surface area (Å²) >= 11 is 5.34. The second-order valence-electron chi connectivity index (χ2n) is 4.65. The van der Waals surface area contributed by atoms with E-state index in [1.54, 1.807) is 0 Å². The van der Waals surface area contributed by atoms with Crippen LogP contribution in [0.1, 0.15) is 31.5 Å². The monoisotopic (exact) mass is 315 g/mol. The van der Waals surface area contributed by atoms with Crippen molar-refractivity contribution >= 4 is 33.5 Å². The summed E-state index contributed by atoms with van der Waals surface area (Å²) in [5.74, 6) is 4.36. The fourth-order valence-electron chi connectivity index (χ4n) is 1.67. The van der Waals surface area contributed by atoms with Crippen molar-refractivity contribution in [3.05, 3.63) is 16.5 Å². The Balaban J connectivity index is 1.95. The van der Waals surface area contributed by atoms with Gasteiger partial charge < -0.3 is 5.32 Å². The van der Waals surface area contributed by atoms with Crippen molar-refractivity contribution in [1.82, 2.24) is 9.97 Å². The number of anilines is 1. The molecule has 0 bridgehead atoms. The highest BCUT2D eigenvalue weighted by atomic mass is 79.9. The molecule has 1 aliphatic carbocycles. The first-order valence-electron chi connectivity index (χ1n) is 5.96. The lowest BCUT2D eigenvalue weighted by Gasteiger charge is -2.12. The number of thioether (sulfide) groups is 1. The van der Waals surface area contributed by atoms with Gasteiger partial charge in [-0.1, -0.05) is 6.92 Å². The maximum absolute atomic E-state index is 4.57. The van der Waals surface area contributed by atoms with E-state index in [0.29, 0.717) is 11.8 Å². The Bertz CT molecular complexity index is 382. The minimum atomic E-state index is 0.594. The van der Waals surface area contributed by atoms with Crippen LogP contribution >= 0.6 is 27.7 Å². The van der Waals surface area contributed by atoms with Crippen molar-refractivity contribution in [2.75, 3.05) is 23.9 Å². The van der Waals surface area contributed by atoms with Crippen molar-refractivity contribution in [2.24, 2.45) is 5.92 Å². The zero-order valence-electron chi connectivity index (χ0n) is 10.2. The van der Waals surface area contributed by atoms with Crippen LogP contribution in [0.3, 0.4) is 0 Å². The number of hydrogen-bond donors (Lipinski definition) is 1. The molecule has 0 radical (unpaired) electrons. The van der Waals surface area contributed by atoms with E-state index in [4.69, 9.17) is 0 Å². The third-order valence-corrected chi connectivity index (χ3v) is 4.05. The second-order valence-corrected chi connectivity index (χ2v) is 6.37. The Labute approximate surface area is 115 Å². The van der Waals surface area contributed by atoms with Crippen LogP contribution in [-0.2, 0) is 0 Å². The average molecular weight is 316 g/mol. The molecule has 0 spiro atoms. The summed E-state index contributed by atoms with van der Waals surface area (Å²) in [6.07, 6.45) is 4.61. The molecule has 1 unspecified atom stereocenters. The largest absolute Gasteiger partial charge is 0.370 e. The lowest BCUT2D eigenvalue weighted by atomic mass is 10.2.